The summed E-state index contributed by atoms with van der Waals surface area (Å²) >= 11 is 4.44. The molecular formula is C5H4OS. The molecule has 0 amide bonds. The van der Waals surface area contributed by atoms with Crippen molar-refractivity contribution < 1.29 is 4.79 Å². The lowest BCUT2D eigenvalue weighted by Gasteiger charge is -1.76. The summed E-state index contributed by atoms with van der Waals surface area (Å²) in [7, 11) is 0. The van der Waals surface area contributed by atoms with Gasteiger partial charge in [0.25, 0.3) is 0 Å². The second kappa shape index (κ2) is 3.51. The number of rotatable bonds is 2. The first-order valence-electron chi connectivity index (χ1n) is 1.72. The molecule has 0 aromatic heterocycles. The summed E-state index contributed by atoms with van der Waals surface area (Å²) in [5, 5.41) is 0. The fourth-order valence-electron chi connectivity index (χ4n) is 0.142. The summed E-state index contributed by atoms with van der Waals surface area (Å²) < 4.78 is 0. The van der Waals surface area contributed by atoms with Gasteiger partial charge in [-0.1, -0.05) is 12.2 Å². The predicted octanol–water partition coefficient (Wildman–Crippen LogP) is 0.579. The van der Waals surface area contributed by atoms with E-state index in [1.807, 2.05) is 0 Å². The van der Waals surface area contributed by atoms with Crippen molar-refractivity contribution in [3.63, 3.8) is 0 Å². The van der Waals surface area contributed by atoms with Gasteiger partial charge < -0.3 is 0 Å². The normalized spacial score (nSPS) is 6.71. The van der Waals surface area contributed by atoms with Gasteiger partial charge in [-0.3, -0.25) is 4.79 Å². The molecule has 0 saturated heterocycles. The van der Waals surface area contributed by atoms with Crippen molar-refractivity contribution in [2.45, 2.75) is 6.42 Å². The first-order valence-corrected chi connectivity index (χ1v) is 2.13. The molecule has 0 aliphatic carbocycles. The quantitative estimate of drug-likeness (QED) is 0.295. The number of terminal acetylenes is 1. The summed E-state index contributed by atoms with van der Waals surface area (Å²) in [4.78, 5) is 9.95. The van der Waals surface area contributed by atoms with Crippen molar-refractivity contribution >= 4 is 23.4 Å². The smallest absolute Gasteiger partial charge is 0.157 e. The first kappa shape index (κ1) is 6.32. The van der Waals surface area contributed by atoms with Crippen molar-refractivity contribution in [3.05, 3.63) is 0 Å². The van der Waals surface area contributed by atoms with E-state index in [9.17, 15) is 4.79 Å². The number of thiocarbonyl (C=S) groups is 1. The van der Waals surface area contributed by atoms with Crippen LogP contribution in [-0.4, -0.2) is 11.2 Å². The van der Waals surface area contributed by atoms with Crippen molar-refractivity contribution in [2.75, 3.05) is 0 Å². The van der Waals surface area contributed by atoms with Crippen LogP contribution in [0.3, 0.4) is 0 Å². The lowest BCUT2D eigenvalue weighted by Crippen LogP contribution is -1.90. The summed E-state index contributed by atoms with van der Waals surface area (Å²) in [6.45, 7) is 0. The number of hydrogen-bond donors (Lipinski definition) is 0. The molecule has 0 bridgehead atoms. The Bertz CT molecular complexity index is 121. The molecule has 0 aromatic rings. The molecule has 0 heterocycles. The van der Waals surface area contributed by atoms with E-state index in [0.717, 1.165) is 0 Å². The highest BCUT2D eigenvalue weighted by atomic mass is 32.1. The molecule has 36 valence electrons. The van der Waals surface area contributed by atoms with Crippen LogP contribution in [-0.2, 0) is 4.79 Å². The van der Waals surface area contributed by atoms with Gasteiger partial charge in [-0.25, -0.2) is 0 Å². The maximum atomic E-state index is 9.66. The van der Waals surface area contributed by atoms with Crippen LogP contribution < -0.4 is 0 Å². The number of carbonyl (C=O) groups is 1. The fourth-order valence-corrected chi connectivity index (χ4v) is 0.226. The minimum Gasteiger partial charge on any atom is -0.297 e. The fraction of sp³-hybridized carbons (Fsp3) is 0.200. The van der Waals surface area contributed by atoms with Crippen LogP contribution >= 0.6 is 12.2 Å². The molecule has 0 fully saturated rings. The van der Waals surface area contributed by atoms with Gasteiger partial charge in [-0.05, 0) is 0 Å². The van der Waals surface area contributed by atoms with Gasteiger partial charge in [0.1, 0.15) is 0 Å². The van der Waals surface area contributed by atoms with Crippen molar-refractivity contribution in [1.82, 2.24) is 0 Å². The lowest BCUT2D eigenvalue weighted by molar-refractivity contribution is -0.102. The van der Waals surface area contributed by atoms with Crippen LogP contribution in [0.2, 0.25) is 0 Å². The largest absolute Gasteiger partial charge is 0.297 e. The Morgan fingerprint density at radius 3 is 2.71 bits per heavy atom. The Morgan fingerprint density at radius 2 is 2.57 bits per heavy atom. The average Bonchev–Trinajstić information content (AvgIpc) is 1.68. The Kier molecular flexibility index (Phi) is 3.17. The molecule has 0 rings (SSSR count). The predicted molar refractivity (Wildman–Crippen MR) is 32.1 cm³/mol. The Balaban J connectivity index is 3.42. The molecule has 2 heteroatoms. The zero-order valence-electron chi connectivity index (χ0n) is 3.68. The van der Waals surface area contributed by atoms with E-state index in [0.29, 0.717) is 17.6 Å². The number of hydrogen-bond acceptors (Lipinski definition) is 2. The minimum atomic E-state index is 0.291. The SMILES string of the molecule is C#CCC(=S)C=O. The van der Waals surface area contributed by atoms with Crippen molar-refractivity contribution in [1.29, 1.82) is 0 Å². The summed E-state index contributed by atoms with van der Waals surface area (Å²) in [5.41, 5.74) is 0. The number of aldehydes is 1. The molecule has 0 radical (unpaired) electrons. The molecule has 0 aliphatic heterocycles. The molecule has 0 spiro atoms. The molecule has 0 unspecified atom stereocenters. The Morgan fingerprint density at radius 1 is 2.00 bits per heavy atom. The van der Waals surface area contributed by atoms with Gasteiger partial charge in [0.15, 0.2) is 6.29 Å². The minimum absolute atomic E-state index is 0.291. The van der Waals surface area contributed by atoms with Crippen LogP contribution in [0.1, 0.15) is 6.42 Å². The maximum absolute atomic E-state index is 9.66. The topological polar surface area (TPSA) is 17.1 Å². The van der Waals surface area contributed by atoms with Gasteiger partial charge in [0, 0.05) is 6.42 Å². The Hall–Kier alpha value is -0.680. The Labute approximate surface area is 47.7 Å². The second-order valence-corrected chi connectivity index (χ2v) is 1.49. The van der Waals surface area contributed by atoms with E-state index >= 15 is 0 Å². The van der Waals surface area contributed by atoms with Gasteiger partial charge in [-0.2, -0.15) is 0 Å². The highest BCUT2D eigenvalue weighted by Gasteiger charge is 1.84. The zero-order chi connectivity index (χ0) is 5.70. The van der Waals surface area contributed by atoms with Gasteiger partial charge in [0.2, 0.25) is 0 Å². The molecule has 0 N–H and O–H groups in total. The molecule has 0 atom stereocenters. The van der Waals surface area contributed by atoms with Gasteiger partial charge in [-0.15, -0.1) is 12.3 Å². The van der Waals surface area contributed by atoms with Crippen molar-refractivity contribution in [3.8, 4) is 12.3 Å². The zero-order valence-corrected chi connectivity index (χ0v) is 4.49. The van der Waals surface area contributed by atoms with Crippen molar-refractivity contribution in [2.24, 2.45) is 0 Å². The number of carbonyl (C=O) groups excluding carboxylic acids is 1. The lowest BCUT2D eigenvalue weighted by atomic mass is 10.3. The van der Waals surface area contributed by atoms with Crippen LogP contribution in [0.25, 0.3) is 0 Å². The molecular weight excluding hydrogens is 108 g/mol. The summed E-state index contributed by atoms with van der Waals surface area (Å²) in [6.07, 6.45) is 5.69. The van der Waals surface area contributed by atoms with Crippen LogP contribution in [0.5, 0.6) is 0 Å². The van der Waals surface area contributed by atoms with E-state index in [2.05, 4.69) is 18.1 Å². The third-order valence-electron chi connectivity index (χ3n) is 0.408. The average molecular weight is 112 g/mol. The van der Waals surface area contributed by atoms with Gasteiger partial charge >= 0.3 is 0 Å². The third-order valence-corrected chi connectivity index (χ3v) is 0.648. The van der Waals surface area contributed by atoms with E-state index in [4.69, 9.17) is 6.42 Å². The van der Waals surface area contributed by atoms with E-state index < -0.39 is 0 Å². The first-order chi connectivity index (χ1) is 3.31. The van der Waals surface area contributed by atoms with Crippen LogP contribution in [0, 0.1) is 12.3 Å². The molecule has 0 aliphatic rings. The van der Waals surface area contributed by atoms with E-state index in [-0.39, 0.29) is 0 Å². The monoisotopic (exact) mass is 112 g/mol. The highest BCUT2D eigenvalue weighted by Crippen LogP contribution is 1.76. The summed E-state index contributed by atoms with van der Waals surface area (Å²) in [5.74, 6) is 2.25. The van der Waals surface area contributed by atoms with Gasteiger partial charge in [0.05, 0.1) is 4.86 Å². The molecule has 1 nitrogen and oxygen atoms in total. The second-order valence-electron chi connectivity index (χ2n) is 0.965. The highest BCUT2D eigenvalue weighted by molar-refractivity contribution is 7.81. The molecule has 0 saturated carbocycles. The van der Waals surface area contributed by atoms with Crippen LogP contribution in [0.15, 0.2) is 0 Å². The molecule has 7 heavy (non-hydrogen) atoms. The molecule has 0 aromatic carbocycles. The maximum Gasteiger partial charge on any atom is 0.157 e. The summed E-state index contributed by atoms with van der Waals surface area (Å²) in [6, 6.07) is 0. The van der Waals surface area contributed by atoms with Crippen LogP contribution in [0.4, 0.5) is 0 Å². The third kappa shape index (κ3) is 3.14. The van der Waals surface area contributed by atoms with E-state index in [1.165, 1.54) is 0 Å². The van der Waals surface area contributed by atoms with E-state index in [1.54, 1.807) is 0 Å². The standard InChI is InChI=1S/C5H4OS/c1-2-3-5(7)4-6/h1,4H,3H2.